The maximum absolute atomic E-state index is 15.7. The average Bonchev–Trinajstić information content (AvgIpc) is 2.68. The highest BCUT2D eigenvalue weighted by Gasteiger charge is 2.66. The molecule has 0 aromatic carbocycles. The number of halogens is 2. The van der Waals surface area contributed by atoms with Crippen LogP contribution in [0, 0.1) is 28.0 Å². The Morgan fingerprint density at radius 2 is 1.86 bits per heavy atom. The van der Waals surface area contributed by atoms with Gasteiger partial charge in [0.2, 0.25) is 0 Å². The normalized spacial score (nSPS) is 25.3. The second-order valence-electron chi connectivity index (χ2n) is 11.6. The van der Waals surface area contributed by atoms with Crippen LogP contribution >= 0.6 is 11.6 Å². The van der Waals surface area contributed by atoms with Crippen LogP contribution < -0.4 is 0 Å². The Morgan fingerprint density at radius 1 is 1.29 bits per heavy atom. The summed E-state index contributed by atoms with van der Waals surface area (Å²) in [5, 5.41) is 20.8. The maximum atomic E-state index is 15.7. The number of hydrogen-bond donors (Lipinski definition) is 2. The van der Waals surface area contributed by atoms with Crippen LogP contribution in [-0.4, -0.2) is 50.9 Å². The van der Waals surface area contributed by atoms with Gasteiger partial charge in [0.25, 0.3) is 0 Å². The predicted octanol–water partition coefficient (Wildman–Crippen LogP) is 6.35. The third kappa shape index (κ3) is 4.99. The Hall–Kier alpha value is -2.35. The van der Waals surface area contributed by atoms with Gasteiger partial charge in [-0.25, -0.2) is 14.2 Å². The van der Waals surface area contributed by atoms with E-state index in [9.17, 15) is 19.8 Å². The fourth-order valence-electron chi connectivity index (χ4n) is 6.10. The van der Waals surface area contributed by atoms with Gasteiger partial charge in [-0.1, -0.05) is 59.7 Å². The summed E-state index contributed by atoms with van der Waals surface area (Å²) in [6.07, 6.45) is -1.38. The molecule has 1 aromatic rings. The molecule has 35 heavy (non-hydrogen) atoms. The standard InChI is InChI=1S/C26H38ClFN2O5/c1-10-35-15(2)16-13-18(27)29-17(19(16)28)14-26(21(31)32)11-12-30(22(33)34)25(9,24(6,7)8)20(26)23(3,4)5/h13,20H,2,10-12,14H2,1,3-9H3,(H,31,32)(H,33,34)/t20?,25-,26-/m1/s1. The molecule has 2 N–H and O–H groups in total. The number of hydrogen-bond acceptors (Lipinski definition) is 4. The van der Waals surface area contributed by atoms with E-state index in [-0.39, 0.29) is 48.2 Å². The van der Waals surface area contributed by atoms with Gasteiger partial charge in [0, 0.05) is 18.9 Å². The number of pyridine rings is 1. The van der Waals surface area contributed by atoms with Crippen LogP contribution in [0.15, 0.2) is 12.6 Å². The highest BCUT2D eigenvalue weighted by molar-refractivity contribution is 6.29. The molecule has 2 heterocycles. The van der Waals surface area contributed by atoms with Gasteiger partial charge in [-0.3, -0.25) is 4.79 Å². The van der Waals surface area contributed by atoms with Crippen LogP contribution in [0.3, 0.4) is 0 Å². The van der Waals surface area contributed by atoms with Crippen molar-refractivity contribution in [2.24, 2.45) is 22.2 Å². The molecule has 0 bridgehead atoms. The van der Waals surface area contributed by atoms with Gasteiger partial charge >= 0.3 is 12.1 Å². The molecule has 2 rings (SSSR count). The van der Waals surface area contributed by atoms with Gasteiger partial charge in [0.1, 0.15) is 10.9 Å². The van der Waals surface area contributed by atoms with Gasteiger partial charge in [-0.2, -0.15) is 0 Å². The lowest BCUT2D eigenvalue weighted by Gasteiger charge is -2.64. The highest BCUT2D eigenvalue weighted by Crippen LogP contribution is 2.60. The molecule has 1 aliphatic heterocycles. The fraction of sp³-hybridized carbons (Fsp3) is 0.654. The third-order valence-corrected chi connectivity index (χ3v) is 7.79. The van der Waals surface area contributed by atoms with Gasteiger partial charge in [-0.05, 0) is 37.2 Å². The molecule has 1 fully saturated rings. The molecule has 196 valence electrons. The molecule has 0 aliphatic carbocycles. The number of aliphatic carboxylic acids is 1. The Morgan fingerprint density at radius 3 is 2.29 bits per heavy atom. The van der Waals surface area contributed by atoms with Crippen molar-refractivity contribution in [1.82, 2.24) is 9.88 Å². The number of nitrogens with zero attached hydrogens (tertiary/aromatic N) is 2. The van der Waals surface area contributed by atoms with Gasteiger partial charge < -0.3 is 19.8 Å². The van der Waals surface area contributed by atoms with E-state index in [4.69, 9.17) is 16.3 Å². The number of carboxylic acid groups (broad SMARTS) is 2. The summed E-state index contributed by atoms with van der Waals surface area (Å²) in [6, 6.07) is 1.30. The van der Waals surface area contributed by atoms with E-state index in [0.717, 1.165) is 0 Å². The van der Waals surface area contributed by atoms with Crippen LogP contribution in [0.2, 0.25) is 5.15 Å². The monoisotopic (exact) mass is 512 g/mol. The van der Waals surface area contributed by atoms with Crippen LogP contribution in [0.1, 0.15) is 73.1 Å². The SMILES string of the molecule is C=C(OCC)c1cc(Cl)nc(C[C@]2(C(=O)O)CCN(C(=O)O)[C@@](C)(C(C)(C)C)C2C(C)(C)C)c1F. The molecule has 3 atom stereocenters. The first-order valence-corrected chi connectivity index (χ1v) is 12.1. The van der Waals surface area contributed by atoms with Crippen LogP contribution in [0.25, 0.3) is 5.76 Å². The van der Waals surface area contributed by atoms with Crippen LogP contribution in [0.5, 0.6) is 0 Å². The van der Waals surface area contributed by atoms with Crippen molar-refractivity contribution in [3.63, 3.8) is 0 Å². The lowest BCUT2D eigenvalue weighted by atomic mass is 9.47. The molecule has 1 amide bonds. The summed E-state index contributed by atoms with van der Waals surface area (Å²) in [5.74, 6) is -2.49. The number of carboxylic acids is 1. The smallest absolute Gasteiger partial charge is 0.407 e. The van der Waals surface area contributed by atoms with Crippen molar-refractivity contribution >= 4 is 29.4 Å². The minimum atomic E-state index is -1.52. The fourth-order valence-corrected chi connectivity index (χ4v) is 6.31. The topological polar surface area (TPSA) is 100.0 Å². The minimum absolute atomic E-state index is 0.00237. The second kappa shape index (κ2) is 9.60. The minimum Gasteiger partial charge on any atom is -0.494 e. The second-order valence-corrected chi connectivity index (χ2v) is 12.0. The lowest BCUT2D eigenvalue weighted by Crippen LogP contribution is -2.72. The zero-order chi connectivity index (χ0) is 27.1. The Kier molecular flexibility index (Phi) is 7.92. The van der Waals surface area contributed by atoms with Crippen molar-refractivity contribution in [2.45, 2.75) is 73.8 Å². The van der Waals surface area contributed by atoms with E-state index < -0.39 is 45.6 Å². The van der Waals surface area contributed by atoms with E-state index in [1.807, 2.05) is 41.5 Å². The van der Waals surface area contributed by atoms with E-state index >= 15 is 4.39 Å². The average molecular weight is 513 g/mol. The van der Waals surface area contributed by atoms with E-state index in [1.54, 1.807) is 13.8 Å². The summed E-state index contributed by atoms with van der Waals surface area (Å²) in [5.41, 5.74) is -4.00. The van der Waals surface area contributed by atoms with E-state index in [0.29, 0.717) is 0 Å². The van der Waals surface area contributed by atoms with Crippen molar-refractivity contribution < 1.29 is 28.9 Å². The van der Waals surface area contributed by atoms with Gasteiger partial charge in [0.05, 0.1) is 28.8 Å². The number of ether oxygens (including phenoxy) is 1. The molecular weight excluding hydrogens is 475 g/mol. The summed E-state index contributed by atoms with van der Waals surface area (Å²) in [6.45, 7) is 19.0. The number of carbonyl (C=O) groups is 2. The molecular formula is C26H38ClFN2O5. The third-order valence-electron chi connectivity index (χ3n) is 7.60. The first kappa shape index (κ1) is 28.9. The zero-order valence-electron chi connectivity index (χ0n) is 22.0. The Bertz CT molecular complexity index is 1020. The van der Waals surface area contributed by atoms with Crippen molar-refractivity contribution in [3.8, 4) is 0 Å². The summed E-state index contributed by atoms with van der Waals surface area (Å²) >= 11 is 6.22. The lowest BCUT2D eigenvalue weighted by molar-refractivity contribution is -0.188. The summed E-state index contributed by atoms with van der Waals surface area (Å²) in [7, 11) is 0. The van der Waals surface area contributed by atoms with Crippen LogP contribution in [0.4, 0.5) is 9.18 Å². The molecule has 0 radical (unpaired) electrons. The molecule has 1 aromatic heterocycles. The van der Waals surface area contributed by atoms with Crippen molar-refractivity contribution in [2.75, 3.05) is 13.2 Å². The molecule has 9 heteroatoms. The highest BCUT2D eigenvalue weighted by atomic mass is 35.5. The van der Waals surface area contributed by atoms with Crippen molar-refractivity contribution in [3.05, 3.63) is 34.9 Å². The number of piperidine rings is 1. The summed E-state index contributed by atoms with van der Waals surface area (Å²) in [4.78, 5) is 31.1. The molecule has 7 nitrogen and oxygen atoms in total. The molecule has 0 spiro atoms. The molecule has 1 saturated heterocycles. The molecule has 1 aliphatic rings. The Labute approximate surface area is 212 Å². The summed E-state index contributed by atoms with van der Waals surface area (Å²) < 4.78 is 21.1. The van der Waals surface area contributed by atoms with Crippen LogP contribution in [-0.2, 0) is 16.0 Å². The van der Waals surface area contributed by atoms with E-state index in [1.165, 1.54) is 11.0 Å². The maximum Gasteiger partial charge on any atom is 0.407 e. The number of rotatable bonds is 6. The largest absolute Gasteiger partial charge is 0.494 e. The van der Waals surface area contributed by atoms with E-state index in [2.05, 4.69) is 11.6 Å². The Balaban J connectivity index is 2.85. The first-order valence-electron chi connectivity index (χ1n) is 11.8. The molecule has 0 saturated carbocycles. The number of aromatic nitrogens is 1. The van der Waals surface area contributed by atoms with Gasteiger partial charge in [-0.15, -0.1) is 0 Å². The molecule has 1 unspecified atom stereocenters. The van der Waals surface area contributed by atoms with Crippen molar-refractivity contribution in [1.29, 1.82) is 0 Å². The predicted molar refractivity (Wildman–Crippen MR) is 134 cm³/mol. The van der Waals surface area contributed by atoms with Gasteiger partial charge in [0.15, 0.2) is 5.82 Å². The first-order chi connectivity index (χ1) is 15.8. The number of likely N-dealkylation sites (tertiary alicyclic amines) is 1. The zero-order valence-corrected chi connectivity index (χ0v) is 22.7. The number of amides is 1. The quantitative estimate of drug-likeness (QED) is 0.340.